The smallest absolute Gasteiger partial charge is 0.238 e. The molecule has 2 aromatic rings. The lowest BCUT2D eigenvalue weighted by Gasteiger charge is -2.20. The van der Waals surface area contributed by atoms with Gasteiger partial charge in [-0.2, -0.15) is 0 Å². The number of benzene rings is 1. The predicted molar refractivity (Wildman–Crippen MR) is 106 cm³/mol. The molecule has 8 nitrogen and oxygen atoms in total. The van der Waals surface area contributed by atoms with Crippen molar-refractivity contribution >= 4 is 51.0 Å². The van der Waals surface area contributed by atoms with Crippen molar-refractivity contribution in [3.05, 3.63) is 28.4 Å². The Hall–Kier alpha value is -2.20. The average molecular weight is 456 g/mol. The Morgan fingerprint density at radius 1 is 1.22 bits per heavy atom. The number of rotatable bonds is 6. The summed E-state index contributed by atoms with van der Waals surface area (Å²) < 4.78 is 16.6. The highest BCUT2D eigenvalue weighted by Crippen LogP contribution is 2.38. The highest BCUT2D eigenvalue weighted by Gasteiger charge is 2.19. The molecular weight excluding hydrogens is 438 g/mol. The number of amides is 2. The zero-order valence-corrected chi connectivity index (χ0v) is 17.1. The van der Waals surface area contributed by atoms with Crippen LogP contribution in [-0.2, 0) is 9.59 Å². The highest BCUT2D eigenvalue weighted by molar-refractivity contribution is 9.10. The first-order valence-electron chi connectivity index (χ1n) is 8.17. The van der Waals surface area contributed by atoms with Gasteiger partial charge in [-0.05, 0) is 29.8 Å². The summed E-state index contributed by atoms with van der Waals surface area (Å²) in [6, 6.07) is 5.10. The maximum absolute atomic E-state index is 12.2. The molecule has 0 aliphatic carbocycles. The van der Waals surface area contributed by atoms with Gasteiger partial charge in [-0.25, -0.2) is 0 Å². The Balaban J connectivity index is 1.51. The lowest BCUT2D eigenvalue weighted by molar-refractivity contribution is -0.115. The Morgan fingerprint density at radius 3 is 2.59 bits per heavy atom. The van der Waals surface area contributed by atoms with Gasteiger partial charge in [0.25, 0.3) is 0 Å². The first-order valence-corrected chi connectivity index (χ1v) is 10.0. The van der Waals surface area contributed by atoms with Crippen molar-refractivity contribution in [2.75, 3.05) is 29.6 Å². The third-order valence-corrected chi connectivity index (χ3v) is 5.42. The van der Waals surface area contributed by atoms with Crippen molar-refractivity contribution in [1.29, 1.82) is 0 Å². The second-order valence-electron chi connectivity index (χ2n) is 5.79. The van der Waals surface area contributed by atoms with E-state index in [1.807, 2.05) is 0 Å². The number of aryl methyl sites for hydroxylation is 1. The zero-order chi connectivity index (χ0) is 19.4. The number of carbonyl (C=O) groups excluding carboxylic acids is 2. The summed E-state index contributed by atoms with van der Waals surface area (Å²) in [6.45, 7) is 4.42. The lowest BCUT2D eigenvalue weighted by atomic mass is 10.2. The van der Waals surface area contributed by atoms with Crippen LogP contribution in [-0.4, -0.2) is 41.2 Å². The fourth-order valence-electron chi connectivity index (χ4n) is 2.28. The molecule has 2 amide bonds. The van der Waals surface area contributed by atoms with Gasteiger partial charge in [-0.3, -0.25) is 9.59 Å². The van der Waals surface area contributed by atoms with Gasteiger partial charge in [0.1, 0.15) is 19.0 Å². The molecule has 0 saturated carbocycles. The topological polar surface area (TPSA) is 103 Å². The largest absolute Gasteiger partial charge is 0.486 e. The van der Waals surface area contributed by atoms with E-state index in [0.29, 0.717) is 46.5 Å². The Kier molecular flexibility index (Phi) is 6.27. The maximum Gasteiger partial charge on any atom is 0.238 e. The SMILES string of the molecule is Cc1cc(NC(=O)C(C)SCC(=O)Nc2cc3c(cc2Br)OCCO3)no1. The lowest BCUT2D eigenvalue weighted by Crippen LogP contribution is -2.25. The number of hydrogen-bond donors (Lipinski definition) is 2. The fraction of sp³-hybridized carbons (Fsp3) is 0.353. The number of thioether (sulfide) groups is 1. The van der Waals surface area contributed by atoms with Crippen molar-refractivity contribution in [1.82, 2.24) is 5.16 Å². The summed E-state index contributed by atoms with van der Waals surface area (Å²) in [7, 11) is 0. The van der Waals surface area contributed by atoms with E-state index < -0.39 is 5.25 Å². The average Bonchev–Trinajstić information content (AvgIpc) is 3.05. The van der Waals surface area contributed by atoms with Crippen LogP contribution >= 0.6 is 27.7 Å². The summed E-state index contributed by atoms with van der Waals surface area (Å²) in [5, 5.41) is 8.73. The Bertz CT molecular complexity index is 857. The van der Waals surface area contributed by atoms with Gasteiger partial charge < -0.3 is 24.6 Å². The second-order valence-corrected chi connectivity index (χ2v) is 7.97. The third-order valence-electron chi connectivity index (χ3n) is 3.62. The number of nitrogens with one attached hydrogen (secondary N) is 2. The minimum atomic E-state index is -0.434. The van der Waals surface area contributed by atoms with Crippen LogP contribution in [0.2, 0.25) is 0 Å². The van der Waals surface area contributed by atoms with Crippen molar-refractivity contribution in [2.24, 2.45) is 0 Å². The number of halogens is 1. The van der Waals surface area contributed by atoms with Crippen molar-refractivity contribution in [3.63, 3.8) is 0 Å². The third kappa shape index (κ3) is 5.16. The number of ether oxygens (including phenoxy) is 2. The van der Waals surface area contributed by atoms with E-state index in [1.165, 1.54) is 11.8 Å². The molecule has 2 heterocycles. The van der Waals surface area contributed by atoms with Crippen LogP contribution in [0.1, 0.15) is 12.7 Å². The van der Waals surface area contributed by atoms with E-state index in [9.17, 15) is 9.59 Å². The van der Waals surface area contributed by atoms with Crippen LogP contribution in [0.25, 0.3) is 0 Å². The van der Waals surface area contributed by atoms with Gasteiger partial charge in [0.05, 0.1) is 16.7 Å². The Morgan fingerprint density at radius 2 is 1.93 bits per heavy atom. The van der Waals surface area contributed by atoms with Crippen LogP contribution in [0, 0.1) is 6.92 Å². The molecular formula is C17H18BrN3O5S. The van der Waals surface area contributed by atoms with Crippen LogP contribution in [0.4, 0.5) is 11.5 Å². The molecule has 1 unspecified atom stereocenters. The number of fused-ring (bicyclic) bond motifs is 1. The molecule has 27 heavy (non-hydrogen) atoms. The summed E-state index contributed by atoms with van der Waals surface area (Å²) in [6.07, 6.45) is 0. The van der Waals surface area contributed by atoms with Crippen LogP contribution in [0.3, 0.4) is 0 Å². The molecule has 1 aromatic heterocycles. The summed E-state index contributed by atoms with van der Waals surface area (Å²) in [4.78, 5) is 24.4. The van der Waals surface area contributed by atoms with Gasteiger partial charge in [-0.15, -0.1) is 11.8 Å². The minimum Gasteiger partial charge on any atom is -0.486 e. The fourth-order valence-corrected chi connectivity index (χ4v) is 3.38. The molecule has 2 N–H and O–H groups in total. The molecule has 0 spiro atoms. The van der Waals surface area contributed by atoms with E-state index in [1.54, 1.807) is 32.0 Å². The second kappa shape index (κ2) is 8.66. The maximum atomic E-state index is 12.2. The molecule has 1 aromatic carbocycles. The van der Waals surface area contributed by atoms with E-state index in [2.05, 4.69) is 31.7 Å². The molecule has 0 fully saturated rings. The molecule has 1 atom stereocenters. The van der Waals surface area contributed by atoms with Gasteiger partial charge in [-0.1, -0.05) is 5.16 Å². The molecule has 3 rings (SSSR count). The van der Waals surface area contributed by atoms with E-state index >= 15 is 0 Å². The minimum absolute atomic E-state index is 0.118. The van der Waals surface area contributed by atoms with Gasteiger partial charge >= 0.3 is 0 Å². The molecule has 0 bridgehead atoms. The summed E-state index contributed by atoms with van der Waals surface area (Å²) in [5.74, 6) is 1.82. The first-order chi connectivity index (χ1) is 12.9. The van der Waals surface area contributed by atoms with E-state index in [-0.39, 0.29) is 17.6 Å². The number of aromatic nitrogens is 1. The number of nitrogens with zero attached hydrogens (tertiary/aromatic N) is 1. The predicted octanol–water partition coefficient (Wildman–Crippen LogP) is 3.22. The zero-order valence-electron chi connectivity index (χ0n) is 14.7. The number of hydrogen-bond acceptors (Lipinski definition) is 7. The van der Waals surface area contributed by atoms with Crippen LogP contribution in [0.15, 0.2) is 27.2 Å². The van der Waals surface area contributed by atoms with Crippen LogP contribution in [0.5, 0.6) is 11.5 Å². The summed E-state index contributed by atoms with van der Waals surface area (Å²) >= 11 is 4.63. The van der Waals surface area contributed by atoms with Gasteiger partial charge in [0, 0.05) is 22.7 Å². The molecule has 1 aliphatic rings. The summed E-state index contributed by atoms with van der Waals surface area (Å²) in [5.41, 5.74) is 0.583. The quantitative estimate of drug-likeness (QED) is 0.688. The normalized spacial score (nSPS) is 13.7. The first kappa shape index (κ1) is 19.6. The van der Waals surface area contributed by atoms with Crippen molar-refractivity contribution in [3.8, 4) is 11.5 Å². The van der Waals surface area contributed by atoms with Gasteiger partial charge in [0.2, 0.25) is 11.8 Å². The molecule has 0 saturated heterocycles. The number of anilines is 2. The monoisotopic (exact) mass is 455 g/mol. The van der Waals surface area contributed by atoms with Gasteiger partial charge in [0.15, 0.2) is 17.3 Å². The molecule has 1 aliphatic heterocycles. The van der Waals surface area contributed by atoms with Crippen LogP contribution < -0.4 is 20.1 Å². The number of carbonyl (C=O) groups is 2. The van der Waals surface area contributed by atoms with E-state index in [4.69, 9.17) is 14.0 Å². The molecule has 0 radical (unpaired) electrons. The Labute approximate surface area is 168 Å². The standard InChI is InChI=1S/C17H18BrN3O5S/c1-9-5-15(21-26-9)20-17(23)10(2)27-8-16(22)19-12-7-14-13(6-11(12)18)24-3-4-25-14/h5-7,10H,3-4,8H2,1-2H3,(H,19,22)(H,20,21,23). The van der Waals surface area contributed by atoms with E-state index in [0.717, 1.165) is 0 Å². The van der Waals surface area contributed by atoms with Crippen molar-refractivity contribution in [2.45, 2.75) is 19.1 Å². The highest BCUT2D eigenvalue weighted by atomic mass is 79.9. The molecule has 144 valence electrons. The molecule has 10 heteroatoms. The van der Waals surface area contributed by atoms with Crippen molar-refractivity contribution < 1.29 is 23.6 Å².